The van der Waals surface area contributed by atoms with Crippen LogP contribution in [0.5, 0.6) is 11.6 Å². The summed E-state index contributed by atoms with van der Waals surface area (Å²) in [6.07, 6.45) is 6.44. The molecule has 4 atom stereocenters. The van der Waals surface area contributed by atoms with E-state index in [1.54, 1.807) is 27.9 Å². The number of fused-ring (bicyclic) bond motifs is 6. The van der Waals surface area contributed by atoms with Gasteiger partial charge in [0, 0.05) is 44.1 Å². The summed E-state index contributed by atoms with van der Waals surface area (Å²) in [6, 6.07) is 9.45. The fraction of sp³-hybridized carbons (Fsp3) is 0.500. The summed E-state index contributed by atoms with van der Waals surface area (Å²) in [5.74, 6) is -1.78. The molecule has 0 saturated carbocycles. The molecule has 5 amide bonds. The number of unbranched alkanes of at least 4 members (excludes halogenated alkanes) is 5. The number of nitrogens with two attached hydrogens (primary N) is 2. The van der Waals surface area contributed by atoms with Crippen molar-refractivity contribution < 1.29 is 37.8 Å². The van der Waals surface area contributed by atoms with E-state index in [2.05, 4.69) is 37.1 Å². The maximum atomic E-state index is 14.4. The van der Waals surface area contributed by atoms with Crippen LogP contribution in [0.2, 0.25) is 0 Å². The average molecular weight is 965 g/mol. The van der Waals surface area contributed by atoms with Crippen molar-refractivity contribution in [2.75, 3.05) is 33.0 Å². The molecule has 0 radical (unpaired) electrons. The van der Waals surface area contributed by atoms with Crippen molar-refractivity contribution in [3.63, 3.8) is 0 Å². The van der Waals surface area contributed by atoms with Gasteiger partial charge in [0.15, 0.2) is 5.82 Å². The third kappa shape index (κ3) is 12.5. The van der Waals surface area contributed by atoms with Crippen LogP contribution in [0.15, 0.2) is 42.6 Å². The number of hydrogen-bond acceptors (Lipinski definition) is 13. The van der Waals surface area contributed by atoms with E-state index in [9.17, 15) is 33.6 Å². The van der Waals surface area contributed by atoms with Crippen molar-refractivity contribution in [3.05, 3.63) is 82.1 Å². The number of benzene rings is 2. The number of nitrogen functional groups attached to an aromatic ring is 1. The lowest BCUT2D eigenvalue weighted by atomic mass is 9.84. The van der Waals surface area contributed by atoms with Gasteiger partial charge in [0.2, 0.25) is 23.6 Å². The maximum Gasteiger partial charge on any atom is 0.258 e. The van der Waals surface area contributed by atoms with Crippen LogP contribution < -0.4 is 36.9 Å². The number of aromatic nitrogens is 4. The molecule has 2 aliphatic rings. The van der Waals surface area contributed by atoms with Gasteiger partial charge in [-0.25, -0.2) is 14.4 Å². The molecule has 0 fully saturated rings. The molecule has 0 unspecified atom stereocenters. The predicted octanol–water partition coefficient (Wildman–Crippen LogP) is 4.46. The van der Waals surface area contributed by atoms with Crippen molar-refractivity contribution in [2.24, 2.45) is 11.1 Å². The fourth-order valence-corrected chi connectivity index (χ4v) is 8.58. The molecule has 2 aliphatic heterocycles. The van der Waals surface area contributed by atoms with Crippen LogP contribution in [0.4, 0.5) is 10.2 Å². The summed E-state index contributed by atoms with van der Waals surface area (Å²) in [7, 11) is 3.25. The summed E-state index contributed by atoms with van der Waals surface area (Å²) in [4.78, 5) is 77.7. The zero-order valence-electron chi connectivity index (χ0n) is 41.1. The lowest BCUT2D eigenvalue weighted by Crippen LogP contribution is -2.61. The molecule has 70 heavy (non-hydrogen) atoms. The van der Waals surface area contributed by atoms with Gasteiger partial charge in [-0.2, -0.15) is 10.4 Å². The average Bonchev–Trinajstić information content (AvgIpc) is 3.67. The van der Waals surface area contributed by atoms with Crippen LogP contribution >= 0.6 is 0 Å². The molecule has 4 aromatic rings. The Labute approximate surface area is 407 Å². The Morgan fingerprint density at radius 2 is 1.77 bits per heavy atom. The monoisotopic (exact) mass is 965 g/mol. The van der Waals surface area contributed by atoms with Crippen LogP contribution in [0.1, 0.15) is 124 Å². The number of anilines is 1. The third-order valence-electron chi connectivity index (χ3n) is 12.7. The second-order valence-corrected chi connectivity index (χ2v) is 19.0. The van der Waals surface area contributed by atoms with Crippen LogP contribution in [0.25, 0.3) is 11.3 Å². The summed E-state index contributed by atoms with van der Waals surface area (Å²) in [6.45, 7) is 9.95. The quantitative estimate of drug-likeness (QED) is 0.0864. The Hall–Kier alpha value is -7.14. The first-order chi connectivity index (χ1) is 33.3. The number of ether oxygens (including phenoxy) is 2. The molecule has 4 heterocycles. The Kier molecular flexibility index (Phi) is 17.1. The summed E-state index contributed by atoms with van der Waals surface area (Å²) >= 11 is 0. The lowest BCUT2D eigenvalue weighted by Gasteiger charge is -2.40. The number of rotatable bonds is 18. The second-order valence-electron chi connectivity index (χ2n) is 19.0. The number of halogens is 1. The number of hydrogen-bond donors (Lipinski definition) is 5. The highest BCUT2D eigenvalue weighted by atomic mass is 19.1. The molecule has 20 heteroatoms. The Bertz CT molecular complexity index is 2620. The van der Waals surface area contributed by atoms with Crippen molar-refractivity contribution >= 4 is 35.4 Å². The highest BCUT2D eigenvalue weighted by Crippen LogP contribution is 2.34. The number of nitrogens with one attached hydrogen (secondary N) is 3. The zero-order valence-corrected chi connectivity index (χ0v) is 41.1. The molecule has 2 aromatic carbocycles. The van der Waals surface area contributed by atoms with Crippen molar-refractivity contribution in [3.8, 4) is 29.0 Å². The smallest absolute Gasteiger partial charge is 0.258 e. The number of likely N-dealkylation sites (N-methyl/N-ethyl adjacent to an activating group) is 1. The molecular weight excluding hydrogens is 900 g/mol. The number of primary amides is 1. The molecule has 2 bridgehead atoms. The van der Waals surface area contributed by atoms with E-state index in [1.165, 1.54) is 38.9 Å². The summed E-state index contributed by atoms with van der Waals surface area (Å²) in [5.41, 5.74) is 14.7. The highest BCUT2D eigenvalue weighted by molar-refractivity contribution is 5.96. The minimum absolute atomic E-state index is 0.0118. The standard InChI is InChI=1S/C50H65FN12O7/c1-29(55-6)46(66)59-43(50(3,4)5)49(68)62-27-32-22-34(17-15-31(32)23-39(62)45(54)65)69-21-13-11-9-8-10-12-14-41(64)56-19-20-63-40(25-52)42-37-26-57-44(53)47(58-37)70-30(2)36-24-33(51)16-18-35(36)48(67)61(7)28-38(42)60-63/h15-18,22,24,26,29-30,39,43,55H,8-14,19-21,23,27-28H2,1-7H3,(H2,53,57)(H2,54,65)(H,56,64)(H,59,66)/t29-,30-,39-,43+/m1/s1. The van der Waals surface area contributed by atoms with E-state index in [0.29, 0.717) is 42.0 Å². The van der Waals surface area contributed by atoms with Gasteiger partial charge in [-0.1, -0.05) is 52.5 Å². The van der Waals surface area contributed by atoms with Gasteiger partial charge in [-0.05, 0) is 80.6 Å². The van der Waals surface area contributed by atoms with Crippen molar-refractivity contribution in [2.45, 2.75) is 130 Å². The van der Waals surface area contributed by atoms with Crippen LogP contribution in [-0.4, -0.2) is 104 Å². The lowest BCUT2D eigenvalue weighted by molar-refractivity contribution is -0.146. The van der Waals surface area contributed by atoms with Crippen molar-refractivity contribution in [1.29, 1.82) is 5.26 Å². The van der Waals surface area contributed by atoms with Crippen LogP contribution in [0, 0.1) is 22.6 Å². The minimum Gasteiger partial charge on any atom is -0.494 e. The third-order valence-corrected chi connectivity index (χ3v) is 12.7. The van der Waals surface area contributed by atoms with Crippen LogP contribution in [0.3, 0.4) is 0 Å². The van der Waals surface area contributed by atoms with Gasteiger partial charge in [-0.3, -0.25) is 28.7 Å². The summed E-state index contributed by atoms with van der Waals surface area (Å²) < 4.78 is 28.0. The molecule has 19 nitrogen and oxygen atoms in total. The molecule has 374 valence electrons. The molecule has 0 aliphatic carbocycles. The number of nitrogens with zero attached hydrogens (tertiary/aromatic N) is 7. The van der Waals surface area contributed by atoms with E-state index in [0.717, 1.165) is 43.2 Å². The SMILES string of the molecule is CN[C@H](C)C(=O)N[C@@H](C(=O)N1Cc2cc(OCCCCCCCCC(=O)NCCn3nc4c(c3C#N)-c3cnc(N)c(n3)O[C@H](C)c3cc(F)ccc3C(=O)N(C)C4)ccc2C[C@@H]1C(N)=O)C(C)(C)C. The number of amides is 5. The second kappa shape index (κ2) is 23.0. The largest absolute Gasteiger partial charge is 0.494 e. The van der Waals surface area contributed by atoms with E-state index < -0.39 is 47.3 Å². The predicted molar refractivity (Wildman–Crippen MR) is 258 cm³/mol. The first-order valence-corrected chi connectivity index (χ1v) is 23.7. The first-order valence-electron chi connectivity index (χ1n) is 23.7. The first kappa shape index (κ1) is 52.2. The Balaban J connectivity index is 0.949. The van der Waals surface area contributed by atoms with E-state index in [1.807, 2.05) is 39.0 Å². The number of carbonyl (C=O) groups is 5. The van der Waals surface area contributed by atoms with Gasteiger partial charge in [-0.15, -0.1) is 0 Å². The maximum absolute atomic E-state index is 14.4. The van der Waals surface area contributed by atoms with E-state index >= 15 is 0 Å². The molecule has 6 rings (SSSR count). The molecule has 0 spiro atoms. The number of nitriles is 1. The van der Waals surface area contributed by atoms with Gasteiger partial charge in [0.25, 0.3) is 11.8 Å². The number of carbonyl (C=O) groups excluding carboxylic acids is 5. The molecule has 0 saturated heterocycles. The molecule has 2 aromatic heterocycles. The minimum atomic E-state index is -0.883. The normalized spacial score (nSPS) is 16.5. The van der Waals surface area contributed by atoms with E-state index in [4.69, 9.17) is 20.9 Å². The van der Waals surface area contributed by atoms with Crippen LogP contribution in [-0.2, 0) is 45.2 Å². The van der Waals surface area contributed by atoms with Crippen molar-refractivity contribution in [1.82, 2.24) is 45.5 Å². The van der Waals surface area contributed by atoms with Gasteiger partial charge in [0.1, 0.15) is 41.5 Å². The molecular formula is C50H65FN12O7. The Morgan fingerprint density at radius 1 is 1.04 bits per heavy atom. The topological polar surface area (TPSA) is 266 Å². The highest BCUT2D eigenvalue weighted by Gasteiger charge is 2.42. The van der Waals surface area contributed by atoms with Gasteiger partial charge >= 0.3 is 0 Å². The Morgan fingerprint density at radius 3 is 2.47 bits per heavy atom. The fourth-order valence-electron chi connectivity index (χ4n) is 8.58. The zero-order chi connectivity index (χ0) is 50.9. The molecule has 7 N–H and O–H groups in total. The van der Waals surface area contributed by atoms with Gasteiger partial charge < -0.3 is 46.7 Å². The van der Waals surface area contributed by atoms with E-state index in [-0.39, 0.29) is 79.0 Å². The summed E-state index contributed by atoms with van der Waals surface area (Å²) in [5, 5.41) is 23.7. The van der Waals surface area contributed by atoms with Gasteiger partial charge in [0.05, 0.1) is 48.9 Å².